The van der Waals surface area contributed by atoms with Crippen molar-refractivity contribution in [1.29, 1.82) is 0 Å². The normalized spacial score (nSPS) is 26.4. The van der Waals surface area contributed by atoms with Gasteiger partial charge in [0.1, 0.15) is 4.21 Å². The predicted octanol–water partition coefficient (Wildman–Crippen LogP) is 2.02. The number of rotatable bonds is 3. The van der Waals surface area contributed by atoms with E-state index in [1.807, 2.05) is 19.9 Å². The quantitative estimate of drug-likeness (QED) is 0.925. The molecular formula is C12H20N2O2S2. The van der Waals surface area contributed by atoms with Crippen molar-refractivity contribution < 1.29 is 8.42 Å². The molecule has 1 aliphatic rings. The van der Waals surface area contributed by atoms with E-state index >= 15 is 0 Å². The van der Waals surface area contributed by atoms with Gasteiger partial charge in [0.25, 0.3) is 10.0 Å². The van der Waals surface area contributed by atoms with Gasteiger partial charge >= 0.3 is 0 Å². The third kappa shape index (κ3) is 2.47. The van der Waals surface area contributed by atoms with Gasteiger partial charge < -0.3 is 5.73 Å². The van der Waals surface area contributed by atoms with E-state index in [9.17, 15) is 8.42 Å². The first-order chi connectivity index (χ1) is 8.46. The second-order valence-corrected chi connectivity index (χ2v) is 8.09. The summed E-state index contributed by atoms with van der Waals surface area (Å²) < 4.78 is 26.9. The highest BCUT2D eigenvalue weighted by Crippen LogP contribution is 2.30. The topological polar surface area (TPSA) is 63.4 Å². The molecule has 0 aliphatic carbocycles. The zero-order valence-electron chi connectivity index (χ0n) is 10.8. The summed E-state index contributed by atoms with van der Waals surface area (Å²) in [7, 11) is -3.41. The molecule has 2 heterocycles. The predicted molar refractivity (Wildman–Crippen MR) is 74.0 cm³/mol. The van der Waals surface area contributed by atoms with Gasteiger partial charge in [-0.25, -0.2) is 8.42 Å². The molecule has 0 radical (unpaired) electrons. The van der Waals surface area contributed by atoms with Gasteiger partial charge in [-0.05, 0) is 37.3 Å². The number of piperidine rings is 1. The number of aryl methyl sites for hydroxylation is 1. The molecule has 2 rings (SSSR count). The van der Waals surface area contributed by atoms with Crippen LogP contribution in [0.4, 0.5) is 0 Å². The molecule has 1 aromatic heterocycles. The Morgan fingerprint density at radius 2 is 2.22 bits per heavy atom. The van der Waals surface area contributed by atoms with Crippen LogP contribution in [0.25, 0.3) is 0 Å². The first-order valence-corrected chi connectivity index (χ1v) is 8.58. The SMILES string of the molecule is CCc1ccc(S(=O)(=O)N2CCCC(C)C2N)s1. The molecule has 1 aromatic rings. The molecule has 1 saturated heterocycles. The fourth-order valence-electron chi connectivity index (χ4n) is 2.26. The molecule has 1 aliphatic heterocycles. The number of nitrogens with zero attached hydrogens (tertiary/aromatic N) is 1. The van der Waals surface area contributed by atoms with Gasteiger partial charge in [-0.15, -0.1) is 11.3 Å². The largest absolute Gasteiger partial charge is 0.315 e. The summed E-state index contributed by atoms with van der Waals surface area (Å²) in [6.07, 6.45) is 2.36. The van der Waals surface area contributed by atoms with Crippen LogP contribution < -0.4 is 5.73 Å². The van der Waals surface area contributed by atoms with E-state index in [4.69, 9.17) is 5.73 Å². The van der Waals surface area contributed by atoms with Gasteiger partial charge in [-0.3, -0.25) is 0 Å². The molecule has 1 fully saturated rings. The summed E-state index contributed by atoms with van der Waals surface area (Å²) in [6.45, 7) is 4.57. The van der Waals surface area contributed by atoms with E-state index in [1.165, 1.54) is 15.6 Å². The van der Waals surface area contributed by atoms with Gasteiger partial charge in [-0.1, -0.05) is 13.8 Å². The van der Waals surface area contributed by atoms with Crippen molar-refractivity contribution >= 4 is 21.4 Å². The number of sulfonamides is 1. The highest BCUT2D eigenvalue weighted by molar-refractivity contribution is 7.91. The van der Waals surface area contributed by atoms with Crippen molar-refractivity contribution in [3.8, 4) is 0 Å². The minimum atomic E-state index is -3.41. The van der Waals surface area contributed by atoms with Crippen LogP contribution in [0.2, 0.25) is 0 Å². The van der Waals surface area contributed by atoms with E-state index in [2.05, 4.69) is 0 Å². The first-order valence-electron chi connectivity index (χ1n) is 6.33. The van der Waals surface area contributed by atoms with E-state index in [0.717, 1.165) is 24.1 Å². The highest BCUT2D eigenvalue weighted by Gasteiger charge is 2.35. The second-order valence-electron chi connectivity index (χ2n) is 4.80. The lowest BCUT2D eigenvalue weighted by Gasteiger charge is -2.36. The fraction of sp³-hybridized carbons (Fsp3) is 0.667. The lowest BCUT2D eigenvalue weighted by Crippen LogP contribution is -2.52. The van der Waals surface area contributed by atoms with Crippen LogP contribution in [0.15, 0.2) is 16.3 Å². The van der Waals surface area contributed by atoms with Crippen molar-refractivity contribution in [1.82, 2.24) is 4.31 Å². The Kier molecular flexibility index (Phi) is 4.11. The van der Waals surface area contributed by atoms with Gasteiger partial charge in [0, 0.05) is 11.4 Å². The smallest absolute Gasteiger partial charge is 0.253 e. The zero-order valence-corrected chi connectivity index (χ0v) is 12.4. The molecule has 0 amide bonds. The monoisotopic (exact) mass is 288 g/mol. The van der Waals surface area contributed by atoms with Crippen molar-refractivity contribution in [2.45, 2.75) is 43.5 Å². The zero-order chi connectivity index (χ0) is 13.3. The summed E-state index contributed by atoms with van der Waals surface area (Å²) in [4.78, 5) is 1.09. The van der Waals surface area contributed by atoms with E-state index in [0.29, 0.717) is 10.8 Å². The standard InChI is InChI=1S/C12H20N2O2S2/c1-3-10-6-7-11(17-10)18(15,16)14-8-4-5-9(2)12(14)13/h6-7,9,12H,3-5,8,13H2,1-2H3. The van der Waals surface area contributed by atoms with Crippen LogP contribution >= 0.6 is 11.3 Å². The summed E-state index contributed by atoms with van der Waals surface area (Å²) >= 11 is 1.35. The fourth-order valence-corrected chi connectivity index (χ4v) is 5.33. The van der Waals surface area contributed by atoms with Crippen molar-refractivity contribution in [2.75, 3.05) is 6.54 Å². The number of hydrogen-bond donors (Lipinski definition) is 1. The maximum absolute atomic E-state index is 12.5. The van der Waals surface area contributed by atoms with E-state index in [-0.39, 0.29) is 5.92 Å². The summed E-state index contributed by atoms with van der Waals surface area (Å²) in [5.41, 5.74) is 6.04. The van der Waals surface area contributed by atoms with Crippen molar-refractivity contribution in [2.24, 2.45) is 11.7 Å². The molecule has 2 atom stereocenters. The lowest BCUT2D eigenvalue weighted by molar-refractivity contribution is 0.192. The Hall–Kier alpha value is -0.430. The number of nitrogens with two attached hydrogens (primary N) is 1. The van der Waals surface area contributed by atoms with Crippen molar-refractivity contribution in [3.63, 3.8) is 0 Å². The van der Waals surface area contributed by atoms with Gasteiger partial charge in [0.05, 0.1) is 6.17 Å². The van der Waals surface area contributed by atoms with Crippen LogP contribution in [-0.4, -0.2) is 25.4 Å². The Labute approximate surface area is 113 Å². The molecule has 0 bridgehead atoms. The van der Waals surface area contributed by atoms with Crippen LogP contribution in [0.3, 0.4) is 0 Å². The Morgan fingerprint density at radius 1 is 1.50 bits per heavy atom. The molecule has 18 heavy (non-hydrogen) atoms. The first kappa shape index (κ1) is 14.0. The molecule has 102 valence electrons. The van der Waals surface area contributed by atoms with E-state index < -0.39 is 16.2 Å². The Morgan fingerprint density at radius 3 is 2.83 bits per heavy atom. The highest BCUT2D eigenvalue weighted by atomic mass is 32.2. The van der Waals surface area contributed by atoms with Crippen molar-refractivity contribution in [3.05, 3.63) is 17.0 Å². The summed E-state index contributed by atoms with van der Waals surface area (Å²) in [5, 5.41) is 0. The third-order valence-electron chi connectivity index (χ3n) is 3.50. The average Bonchev–Trinajstić information content (AvgIpc) is 2.81. The minimum Gasteiger partial charge on any atom is -0.315 e. The maximum atomic E-state index is 12.5. The Balaban J connectivity index is 2.30. The minimum absolute atomic E-state index is 0.221. The van der Waals surface area contributed by atoms with Crippen LogP contribution in [0.1, 0.15) is 31.6 Å². The van der Waals surface area contributed by atoms with Gasteiger partial charge in [0.15, 0.2) is 0 Å². The second kappa shape index (κ2) is 5.28. The molecule has 4 nitrogen and oxygen atoms in total. The molecular weight excluding hydrogens is 268 g/mol. The van der Waals surface area contributed by atoms with E-state index in [1.54, 1.807) is 6.07 Å². The Bertz CT molecular complexity index is 510. The molecule has 6 heteroatoms. The maximum Gasteiger partial charge on any atom is 0.253 e. The number of hydrogen-bond acceptors (Lipinski definition) is 4. The summed E-state index contributed by atoms with van der Waals surface area (Å²) in [5.74, 6) is 0.221. The van der Waals surface area contributed by atoms with Crippen LogP contribution in [0, 0.1) is 5.92 Å². The number of thiophene rings is 1. The molecule has 2 unspecified atom stereocenters. The molecule has 2 N–H and O–H groups in total. The van der Waals surface area contributed by atoms with Crippen LogP contribution in [0.5, 0.6) is 0 Å². The van der Waals surface area contributed by atoms with Gasteiger partial charge in [0.2, 0.25) is 0 Å². The lowest BCUT2D eigenvalue weighted by atomic mass is 9.99. The van der Waals surface area contributed by atoms with Gasteiger partial charge in [-0.2, -0.15) is 4.31 Å². The van der Waals surface area contributed by atoms with Crippen LogP contribution in [-0.2, 0) is 16.4 Å². The molecule has 0 saturated carbocycles. The summed E-state index contributed by atoms with van der Waals surface area (Å²) in [6, 6.07) is 3.58. The average molecular weight is 288 g/mol. The molecule has 0 aromatic carbocycles. The third-order valence-corrected chi connectivity index (χ3v) is 7.10. The molecule has 0 spiro atoms.